The van der Waals surface area contributed by atoms with Gasteiger partial charge in [0.15, 0.2) is 5.78 Å². The van der Waals surface area contributed by atoms with Crippen molar-refractivity contribution in [3.63, 3.8) is 0 Å². The molecule has 7 heteroatoms. The number of carboxylic acids is 1. The third kappa shape index (κ3) is 4.12. The monoisotopic (exact) mass is 313 g/mol. The largest absolute Gasteiger partial charge is 0.480 e. The standard InChI is InChI=1S/C14H19NO5S/c1-4-10(2)15(9-14(17)18)21(19,20)13-7-5-6-12(8-13)11(3)16/h5-8,10H,4,9H2,1-3H3,(H,17,18). The van der Waals surface area contributed by atoms with Crippen LogP contribution in [-0.4, -0.2) is 42.2 Å². The number of nitrogens with zero attached hydrogens (tertiary/aromatic N) is 1. The van der Waals surface area contributed by atoms with Gasteiger partial charge < -0.3 is 5.11 Å². The topological polar surface area (TPSA) is 91.8 Å². The Hall–Kier alpha value is -1.73. The summed E-state index contributed by atoms with van der Waals surface area (Å²) in [7, 11) is -3.96. The maximum atomic E-state index is 12.6. The molecule has 1 aromatic carbocycles. The highest BCUT2D eigenvalue weighted by atomic mass is 32.2. The van der Waals surface area contributed by atoms with E-state index in [1.807, 2.05) is 0 Å². The van der Waals surface area contributed by atoms with Crippen LogP contribution in [0.4, 0.5) is 0 Å². The van der Waals surface area contributed by atoms with Crippen LogP contribution in [0.3, 0.4) is 0 Å². The molecule has 0 aromatic heterocycles. The Morgan fingerprint density at radius 1 is 1.33 bits per heavy atom. The summed E-state index contributed by atoms with van der Waals surface area (Å²) >= 11 is 0. The summed E-state index contributed by atoms with van der Waals surface area (Å²) in [6.07, 6.45) is 0.485. The molecule has 0 amide bonds. The normalized spacial score (nSPS) is 13.1. The Morgan fingerprint density at radius 2 is 1.95 bits per heavy atom. The molecule has 1 N–H and O–H groups in total. The summed E-state index contributed by atoms with van der Waals surface area (Å²) in [6, 6.07) is 5.17. The molecule has 1 atom stereocenters. The summed E-state index contributed by atoms with van der Waals surface area (Å²) in [5, 5.41) is 8.92. The van der Waals surface area contributed by atoms with E-state index in [1.54, 1.807) is 13.8 Å². The van der Waals surface area contributed by atoms with Crippen LogP contribution in [0.2, 0.25) is 0 Å². The molecular formula is C14H19NO5S. The molecule has 0 saturated heterocycles. The van der Waals surface area contributed by atoms with E-state index in [2.05, 4.69) is 0 Å². The van der Waals surface area contributed by atoms with Gasteiger partial charge in [-0.15, -0.1) is 0 Å². The highest BCUT2D eigenvalue weighted by Gasteiger charge is 2.30. The second-order valence-corrected chi connectivity index (χ2v) is 6.68. The quantitative estimate of drug-likeness (QED) is 0.774. The summed E-state index contributed by atoms with van der Waals surface area (Å²) in [4.78, 5) is 22.2. The number of hydrogen-bond acceptors (Lipinski definition) is 4. The van der Waals surface area contributed by atoms with Gasteiger partial charge in [-0.1, -0.05) is 19.1 Å². The Bertz CT molecular complexity index is 639. The van der Waals surface area contributed by atoms with E-state index >= 15 is 0 Å². The third-order valence-corrected chi connectivity index (χ3v) is 5.18. The van der Waals surface area contributed by atoms with Crippen molar-refractivity contribution in [3.8, 4) is 0 Å². The molecular weight excluding hydrogens is 294 g/mol. The van der Waals surface area contributed by atoms with Gasteiger partial charge in [0.2, 0.25) is 10.0 Å². The fourth-order valence-corrected chi connectivity index (χ4v) is 3.53. The number of carbonyl (C=O) groups is 2. The molecule has 1 unspecified atom stereocenters. The van der Waals surface area contributed by atoms with Crippen molar-refractivity contribution in [2.75, 3.05) is 6.54 Å². The summed E-state index contributed by atoms with van der Waals surface area (Å²) in [5.41, 5.74) is 0.274. The van der Waals surface area contributed by atoms with Gasteiger partial charge in [0.1, 0.15) is 6.54 Å². The van der Waals surface area contributed by atoms with Crippen LogP contribution >= 0.6 is 0 Å². The Kier molecular flexibility index (Phi) is 5.62. The number of aliphatic carboxylic acids is 1. The average Bonchev–Trinajstić information content (AvgIpc) is 2.43. The first-order chi connectivity index (χ1) is 9.70. The number of hydrogen-bond donors (Lipinski definition) is 1. The molecule has 21 heavy (non-hydrogen) atoms. The highest BCUT2D eigenvalue weighted by Crippen LogP contribution is 2.20. The SMILES string of the molecule is CCC(C)N(CC(=O)O)S(=O)(=O)c1cccc(C(C)=O)c1. The average molecular weight is 313 g/mol. The van der Waals surface area contributed by atoms with Crippen LogP contribution in [0, 0.1) is 0 Å². The van der Waals surface area contributed by atoms with Crippen molar-refractivity contribution in [2.45, 2.75) is 38.1 Å². The summed E-state index contributed by atoms with van der Waals surface area (Å²) in [6.45, 7) is 4.16. The predicted octanol–water partition coefficient (Wildman–Crippen LogP) is 1.76. The van der Waals surface area contributed by atoms with Crippen molar-refractivity contribution in [1.29, 1.82) is 0 Å². The fourth-order valence-electron chi connectivity index (χ4n) is 1.83. The minimum Gasteiger partial charge on any atom is -0.480 e. The van der Waals surface area contributed by atoms with Gasteiger partial charge in [0, 0.05) is 11.6 Å². The first-order valence-electron chi connectivity index (χ1n) is 6.54. The molecule has 116 valence electrons. The predicted molar refractivity (Wildman–Crippen MR) is 77.7 cm³/mol. The lowest BCUT2D eigenvalue weighted by molar-refractivity contribution is -0.137. The Morgan fingerprint density at radius 3 is 2.43 bits per heavy atom. The zero-order valence-electron chi connectivity index (χ0n) is 12.2. The van der Waals surface area contributed by atoms with E-state index in [1.165, 1.54) is 31.2 Å². The third-order valence-electron chi connectivity index (χ3n) is 3.22. The zero-order chi connectivity index (χ0) is 16.2. The Balaban J connectivity index is 3.31. The maximum Gasteiger partial charge on any atom is 0.318 e. The number of carbonyl (C=O) groups excluding carboxylic acids is 1. The van der Waals surface area contributed by atoms with E-state index in [-0.39, 0.29) is 16.2 Å². The van der Waals surface area contributed by atoms with Gasteiger partial charge in [-0.2, -0.15) is 4.31 Å². The smallest absolute Gasteiger partial charge is 0.318 e. The summed E-state index contributed by atoms with van der Waals surface area (Å²) in [5.74, 6) is -1.47. The molecule has 6 nitrogen and oxygen atoms in total. The summed E-state index contributed by atoms with van der Waals surface area (Å²) < 4.78 is 26.1. The first kappa shape index (κ1) is 17.3. The number of rotatable bonds is 7. The van der Waals surface area contributed by atoms with Crippen LogP contribution in [0.5, 0.6) is 0 Å². The van der Waals surface area contributed by atoms with Gasteiger partial charge in [-0.25, -0.2) is 8.42 Å². The molecule has 0 fully saturated rings. The van der Waals surface area contributed by atoms with Crippen molar-refractivity contribution in [1.82, 2.24) is 4.31 Å². The van der Waals surface area contributed by atoms with Crippen LogP contribution in [0.15, 0.2) is 29.2 Å². The molecule has 0 heterocycles. The van der Waals surface area contributed by atoms with Crippen molar-refractivity contribution in [3.05, 3.63) is 29.8 Å². The zero-order valence-corrected chi connectivity index (χ0v) is 13.1. The van der Waals surface area contributed by atoms with Crippen molar-refractivity contribution in [2.24, 2.45) is 0 Å². The van der Waals surface area contributed by atoms with Crippen LogP contribution < -0.4 is 0 Å². The van der Waals surface area contributed by atoms with E-state index in [9.17, 15) is 18.0 Å². The number of benzene rings is 1. The second-order valence-electron chi connectivity index (χ2n) is 4.79. The number of Topliss-reactive ketones (excluding diaryl/α,β-unsaturated/α-hetero) is 1. The van der Waals surface area contributed by atoms with Gasteiger partial charge in [-0.3, -0.25) is 9.59 Å². The molecule has 1 aromatic rings. The Labute approximate surface area is 124 Å². The number of sulfonamides is 1. The lowest BCUT2D eigenvalue weighted by atomic mass is 10.2. The van der Waals surface area contributed by atoms with Gasteiger partial charge in [0.25, 0.3) is 0 Å². The van der Waals surface area contributed by atoms with Gasteiger partial charge in [0.05, 0.1) is 4.90 Å². The van der Waals surface area contributed by atoms with Crippen molar-refractivity contribution < 1.29 is 23.1 Å². The molecule has 0 spiro atoms. The molecule has 0 bridgehead atoms. The van der Waals surface area contributed by atoms with Crippen molar-refractivity contribution >= 4 is 21.8 Å². The van der Waals surface area contributed by atoms with E-state index in [0.29, 0.717) is 6.42 Å². The molecule has 0 saturated carbocycles. The first-order valence-corrected chi connectivity index (χ1v) is 7.98. The maximum absolute atomic E-state index is 12.6. The lowest BCUT2D eigenvalue weighted by Gasteiger charge is -2.26. The second kappa shape index (κ2) is 6.82. The minimum atomic E-state index is -3.96. The van der Waals surface area contributed by atoms with Gasteiger partial charge >= 0.3 is 5.97 Å². The minimum absolute atomic E-state index is 0.0725. The van der Waals surface area contributed by atoms with E-state index in [4.69, 9.17) is 5.11 Å². The molecule has 0 aliphatic rings. The van der Waals surface area contributed by atoms with Crippen LogP contribution in [0.1, 0.15) is 37.6 Å². The number of carboxylic acid groups (broad SMARTS) is 1. The van der Waals surface area contributed by atoms with Crippen LogP contribution in [0.25, 0.3) is 0 Å². The molecule has 1 rings (SSSR count). The van der Waals surface area contributed by atoms with Crippen LogP contribution in [-0.2, 0) is 14.8 Å². The van der Waals surface area contributed by atoms with E-state index in [0.717, 1.165) is 4.31 Å². The lowest BCUT2D eigenvalue weighted by Crippen LogP contribution is -2.41. The molecule has 0 aliphatic heterocycles. The molecule has 0 aliphatic carbocycles. The van der Waals surface area contributed by atoms with E-state index < -0.39 is 28.6 Å². The van der Waals surface area contributed by atoms with Gasteiger partial charge in [-0.05, 0) is 32.4 Å². The fraction of sp³-hybridized carbons (Fsp3) is 0.429. The highest BCUT2D eigenvalue weighted by molar-refractivity contribution is 7.89. The number of ketones is 1. The molecule has 0 radical (unpaired) electrons.